The van der Waals surface area contributed by atoms with Crippen LogP contribution in [0.25, 0.3) is 0 Å². The van der Waals surface area contributed by atoms with Crippen molar-refractivity contribution >= 4 is 5.91 Å². The van der Waals surface area contributed by atoms with Gasteiger partial charge in [-0.05, 0) is 26.7 Å². The van der Waals surface area contributed by atoms with Crippen molar-refractivity contribution in [3.05, 3.63) is 0 Å². The molecule has 0 aromatic rings. The number of nitrogens with zero attached hydrogens (tertiary/aromatic N) is 2. The highest BCUT2D eigenvalue weighted by molar-refractivity contribution is 5.83. The van der Waals surface area contributed by atoms with Gasteiger partial charge >= 0.3 is 0 Å². The van der Waals surface area contributed by atoms with E-state index >= 15 is 0 Å². The van der Waals surface area contributed by atoms with E-state index in [1.165, 1.54) is 32.1 Å². The second kappa shape index (κ2) is 5.17. The SMILES string of the molecule is CN1C(=O)C(CO)N(C2CCCCC2)CC1(C)C. The van der Waals surface area contributed by atoms with Crippen LogP contribution in [0.15, 0.2) is 0 Å². The van der Waals surface area contributed by atoms with E-state index in [1.54, 1.807) is 4.90 Å². The minimum absolute atomic E-state index is 0.0598. The molecule has 0 radical (unpaired) electrons. The molecule has 2 fully saturated rings. The van der Waals surface area contributed by atoms with Gasteiger partial charge in [-0.2, -0.15) is 0 Å². The van der Waals surface area contributed by atoms with E-state index in [4.69, 9.17) is 0 Å². The van der Waals surface area contributed by atoms with E-state index in [9.17, 15) is 9.90 Å². The molecule has 1 amide bonds. The molecule has 4 nitrogen and oxygen atoms in total. The fraction of sp³-hybridized carbons (Fsp3) is 0.929. The third-order valence-corrected chi connectivity index (χ3v) is 4.71. The van der Waals surface area contributed by atoms with E-state index < -0.39 is 0 Å². The first kappa shape index (κ1) is 13.8. The predicted octanol–water partition coefficient (Wildman–Crippen LogP) is 1.23. The minimum atomic E-state index is -0.328. The molecule has 1 heterocycles. The van der Waals surface area contributed by atoms with E-state index in [0.717, 1.165) is 6.54 Å². The quantitative estimate of drug-likeness (QED) is 0.806. The summed E-state index contributed by atoms with van der Waals surface area (Å²) in [5.74, 6) is 0.0688. The van der Waals surface area contributed by atoms with Crippen LogP contribution in [0.4, 0.5) is 0 Å². The number of rotatable bonds is 2. The maximum absolute atomic E-state index is 12.3. The predicted molar refractivity (Wildman–Crippen MR) is 71.3 cm³/mol. The molecule has 104 valence electrons. The zero-order chi connectivity index (χ0) is 13.3. The van der Waals surface area contributed by atoms with Gasteiger partial charge in [-0.3, -0.25) is 9.69 Å². The van der Waals surface area contributed by atoms with Crippen molar-refractivity contribution in [2.45, 2.75) is 63.6 Å². The molecule has 1 saturated heterocycles. The van der Waals surface area contributed by atoms with Crippen LogP contribution in [0.2, 0.25) is 0 Å². The molecule has 2 aliphatic rings. The summed E-state index contributed by atoms with van der Waals surface area (Å²) >= 11 is 0. The molecule has 0 bridgehead atoms. The topological polar surface area (TPSA) is 43.8 Å². The number of likely N-dealkylation sites (N-methyl/N-ethyl adjacent to an activating group) is 1. The number of amides is 1. The van der Waals surface area contributed by atoms with Crippen LogP contribution >= 0.6 is 0 Å². The van der Waals surface area contributed by atoms with Crippen molar-refractivity contribution in [1.29, 1.82) is 0 Å². The fourth-order valence-electron chi connectivity index (χ4n) is 3.31. The number of hydrogen-bond donors (Lipinski definition) is 1. The summed E-state index contributed by atoms with van der Waals surface area (Å²) in [4.78, 5) is 16.4. The van der Waals surface area contributed by atoms with Crippen LogP contribution in [0, 0.1) is 0 Å². The summed E-state index contributed by atoms with van der Waals surface area (Å²) in [6, 6.07) is 0.152. The Balaban J connectivity index is 2.18. The highest BCUT2D eigenvalue weighted by Crippen LogP contribution is 2.31. The Bertz CT molecular complexity index is 311. The molecule has 18 heavy (non-hydrogen) atoms. The van der Waals surface area contributed by atoms with Gasteiger partial charge < -0.3 is 10.0 Å². The van der Waals surface area contributed by atoms with Crippen molar-refractivity contribution in [2.75, 3.05) is 20.2 Å². The van der Waals surface area contributed by atoms with Gasteiger partial charge in [-0.25, -0.2) is 0 Å². The van der Waals surface area contributed by atoms with Crippen LogP contribution in [0.1, 0.15) is 46.0 Å². The molecule has 1 unspecified atom stereocenters. The first-order valence-electron chi connectivity index (χ1n) is 7.11. The second-order valence-electron chi connectivity index (χ2n) is 6.37. The molecule has 1 atom stereocenters. The molecule has 1 saturated carbocycles. The average molecular weight is 254 g/mol. The Morgan fingerprint density at radius 1 is 1.28 bits per heavy atom. The van der Waals surface area contributed by atoms with E-state index in [-0.39, 0.29) is 24.1 Å². The van der Waals surface area contributed by atoms with E-state index in [2.05, 4.69) is 18.7 Å². The Kier molecular flexibility index (Phi) is 3.97. The van der Waals surface area contributed by atoms with Gasteiger partial charge in [-0.15, -0.1) is 0 Å². The summed E-state index contributed by atoms with van der Waals surface area (Å²) < 4.78 is 0. The first-order chi connectivity index (χ1) is 8.47. The summed E-state index contributed by atoms with van der Waals surface area (Å²) in [6.07, 6.45) is 6.16. The number of piperazine rings is 1. The number of aliphatic hydroxyl groups is 1. The maximum atomic E-state index is 12.3. The summed E-state index contributed by atoms with van der Waals surface area (Å²) in [5, 5.41) is 9.56. The minimum Gasteiger partial charge on any atom is -0.394 e. The Morgan fingerprint density at radius 3 is 2.44 bits per heavy atom. The van der Waals surface area contributed by atoms with Crippen LogP contribution in [0.5, 0.6) is 0 Å². The molecule has 4 heteroatoms. The lowest BCUT2D eigenvalue weighted by Crippen LogP contribution is -2.68. The third kappa shape index (κ3) is 2.41. The van der Waals surface area contributed by atoms with Crippen molar-refractivity contribution < 1.29 is 9.90 Å². The molecule has 0 aromatic carbocycles. The fourth-order valence-corrected chi connectivity index (χ4v) is 3.31. The lowest BCUT2D eigenvalue weighted by atomic mass is 9.88. The molecule has 1 N–H and O–H groups in total. The molecular formula is C14H26N2O2. The van der Waals surface area contributed by atoms with Crippen molar-refractivity contribution in [2.24, 2.45) is 0 Å². The van der Waals surface area contributed by atoms with Gasteiger partial charge in [0.05, 0.1) is 6.61 Å². The van der Waals surface area contributed by atoms with Gasteiger partial charge in [0.25, 0.3) is 0 Å². The number of hydrogen-bond acceptors (Lipinski definition) is 3. The van der Waals surface area contributed by atoms with Crippen LogP contribution in [-0.2, 0) is 4.79 Å². The highest BCUT2D eigenvalue weighted by atomic mass is 16.3. The van der Waals surface area contributed by atoms with Crippen molar-refractivity contribution in [1.82, 2.24) is 9.80 Å². The van der Waals surface area contributed by atoms with Crippen LogP contribution in [-0.4, -0.2) is 58.6 Å². The Hall–Kier alpha value is -0.610. The molecule has 0 spiro atoms. The zero-order valence-corrected chi connectivity index (χ0v) is 11.9. The first-order valence-corrected chi connectivity index (χ1v) is 7.11. The monoisotopic (exact) mass is 254 g/mol. The standard InChI is InChI=1S/C14H26N2O2/c1-14(2)10-16(11-7-5-4-6-8-11)12(9-17)13(18)15(14)3/h11-12,17H,4-10H2,1-3H3. The number of carbonyl (C=O) groups is 1. The van der Waals surface area contributed by atoms with Gasteiger partial charge in [0.2, 0.25) is 5.91 Å². The smallest absolute Gasteiger partial charge is 0.242 e. The Morgan fingerprint density at radius 2 is 1.89 bits per heavy atom. The van der Waals surface area contributed by atoms with Crippen molar-refractivity contribution in [3.8, 4) is 0 Å². The number of aliphatic hydroxyl groups excluding tert-OH is 1. The van der Waals surface area contributed by atoms with Gasteiger partial charge in [0.1, 0.15) is 6.04 Å². The summed E-state index contributed by atoms with van der Waals surface area (Å²) in [5.41, 5.74) is -0.139. The molecule has 1 aliphatic carbocycles. The maximum Gasteiger partial charge on any atom is 0.242 e. The molecule has 1 aliphatic heterocycles. The van der Waals surface area contributed by atoms with E-state index in [0.29, 0.717) is 6.04 Å². The lowest BCUT2D eigenvalue weighted by Gasteiger charge is -2.51. The number of carbonyl (C=O) groups excluding carboxylic acids is 1. The van der Waals surface area contributed by atoms with Gasteiger partial charge in [0.15, 0.2) is 0 Å². The third-order valence-electron chi connectivity index (χ3n) is 4.71. The normalized spacial score (nSPS) is 30.8. The molecule has 2 rings (SSSR count). The largest absolute Gasteiger partial charge is 0.394 e. The summed E-state index contributed by atoms with van der Waals surface area (Å²) in [7, 11) is 1.85. The van der Waals surface area contributed by atoms with E-state index in [1.807, 2.05) is 7.05 Å². The Labute approximate surface area is 110 Å². The van der Waals surface area contributed by atoms with Crippen LogP contribution in [0.3, 0.4) is 0 Å². The molecule has 0 aromatic heterocycles. The lowest BCUT2D eigenvalue weighted by molar-refractivity contribution is -0.154. The average Bonchev–Trinajstić information content (AvgIpc) is 2.37. The summed E-state index contributed by atoms with van der Waals surface area (Å²) in [6.45, 7) is 5.02. The van der Waals surface area contributed by atoms with Gasteiger partial charge in [0, 0.05) is 25.2 Å². The second-order valence-corrected chi connectivity index (χ2v) is 6.37. The zero-order valence-electron chi connectivity index (χ0n) is 11.9. The van der Waals surface area contributed by atoms with Crippen LogP contribution < -0.4 is 0 Å². The highest BCUT2D eigenvalue weighted by Gasteiger charge is 2.44. The van der Waals surface area contributed by atoms with Gasteiger partial charge in [-0.1, -0.05) is 19.3 Å². The molecular weight excluding hydrogens is 228 g/mol. The van der Waals surface area contributed by atoms with Crippen molar-refractivity contribution in [3.63, 3.8) is 0 Å².